The molecule has 0 aliphatic heterocycles. The minimum Gasteiger partial charge on any atom is -0.496 e. The Bertz CT molecular complexity index is 330. The number of carbonyl (C=O) groups is 1. The van der Waals surface area contributed by atoms with Crippen LogP contribution in [0.4, 0.5) is 0 Å². The largest absolute Gasteiger partial charge is 0.496 e. The highest BCUT2D eigenvalue weighted by Crippen LogP contribution is 2.24. The maximum atomic E-state index is 10.5. The van der Waals surface area contributed by atoms with Crippen LogP contribution in [0, 0.1) is 0 Å². The van der Waals surface area contributed by atoms with Gasteiger partial charge < -0.3 is 15.6 Å². The first-order chi connectivity index (χ1) is 6.65. The molecule has 84 valence electrons. The Balaban J connectivity index is 0.00000196. The van der Waals surface area contributed by atoms with E-state index in [1.54, 1.807) is 18.2 Å². The molecule has 0 bridgehead atoms. The van der Waals surface area contributed by atoms with Gasteiger partial charge >= 0.3 is 5.97 Å². The van der Waals surface area contributed by atoms with Gasteiger partial charge in [-0.1, -0.05) is 18.2 Å². The number of ether oxygens (including phenoxy) is 1. The molecule has 0 heterocycles. The summed E-state index contributed by atoms with van der Waals surface area (Å²) in [5, 5.41) is 8.59. The summed E-state index contributed by atoms with van der Waals surface area (Å²) in [5.74, 6) is -0.287. The summed E-state index contributed by atoms with van der Waals surface area (Å²) < 4.78 is 5.08. The van der Waals surface area contributed by atoms with Crippen LogP contribution < -0.4 is 10.5 Å². The third-order valence-electron chi connectivity index (χ3n) is 1.93. The summed E-state index contributed by atoms with van der Waals surface area (Å²) in [6.07, 6.45) is -0.0969. The lowest BCUT2D eigenvalue weighted by atomic mass is 10.0. The van der Waals surface area contributed by atoms with Crippen molar-refractivity contribution in [1.29, 1.82) is 0 Å². The van der Waals surface area contributed by atoms with Gasteiger partial charge in [0.2, 0.25) is 0 Å². The highest BCUT2D eigenvalue weighted by atomic mass is 35.5. The van der Waals surface area contributed by atoms with Crippen LogP contribution in [0.2, 0.25) is 0 Å². The number of nitrogens with two attached hydrogens (primary N) is 1. The number of methoxy groups -OCH3 is 1. The van der Waals surface area contributed by atoms with Gasteiger partial charge in [0.1, 0.15) is 5.75 Å². The van der Waals surface area contributed by atoms with Gasteiger partial charge in [0.25, 0.3) is 0 Å². The highest BCUT2D eigenvalue weighted by Gasteiger charge is 2.14. The first-order valence-corrected chi connectivity index (χ1v) is 4.25. The predicted octanol–water partition coefficient (Wildman–Crippen LogP) is 1.59. The van der Waals surface area contributed by atoms with Crippen LogP contribution in [0.25, 0.3) is 0 Å². The number of aliphatic carboxylic acids is 1. The van der Waals surface area contributed by atoms with Crippen LogP contribution >= 0.6 is 12.4 Å². The molecule has 0 spiro atoms. The Morgan fingerprint density at radius 2 is 2.13 bits per heavy atom. The molecule has 1 rings (SSSR count). The predicted molar refractivity (Wildman–Crippen MR) is 59.4 cm³/mol. The zero-order valence-corrected chi connectivity index (χ0v) is 9.16. The van der Waals surface area contributed by atoms with Crippen LogP contribution in [0.5, 0.6) is 5.75 Å². The molecule has 1 aromatic rings. The number of hydrogen-bond donors (Lipinski definition) is 2. The normalized spacial score (nSPS) is 11.3. The van der Waals surface area contributed by atoms with Crippen LogP contribution in [-0.4, -0.2) is 18.2 Å². The Morgan fingerprint density at radius 1 is 1.53 bits per heavy atom. The summed E-state index contributed by atoms with van der Waals surface area (Å²) in [6.45, 7) is 0. The Labute approximate surface area is 94.5 Å². The van der Waals surface area contributed by atoms with Crippen LogP contribution in [0.3, 0.4) is 0 Å². The van der Waals surface area contributed by atoms with Crippen LogP contribution in [-0.2, 0) is 4.79 Å². The standard InChI is InChI=1S/C10H13NO3.ClH/c1-14-9-5-3-2-4-7(9)8(11)6-10(12)13;/h2-5,8H,6,11H2,1H3,(H,12,13);1H. The highest BCUT2D eigenvalue weighted by molar-refractivity contribution is 5.85. The molecule has 0 aliphatic rings. The SMILES string of the molecule is COc1ccccc1C(N)CC(=O)O.Cl. The average molecular weight is 232 g/mol. The minimum atomic E-state index is -0.914. The molecule has 3 N–H and O–H groups in total. The van der Waals surface area contributed by atoms with E-state index < -0.39 is 12.0 Å². The van der Waals surface area contributed by atoms with Gasteiger partial charge in [-0.05, 0) is 6.07 Å². The van der Waals surface area contributed by atoms with Gasteiger partial charge in [0.15, 0.2) is 0 Å². The van der Waals surface area contributed by atoms with Gasteiger partial charge in [0, 0.05) is 11.6 Å². The van der Waals surface area contributed by atoms with E-state index in [1.165, 1.54) is 7.11 Å². The Kier molecular flexibility index (Phi) is 5.74. The number of carboxylic acids is 1. The van der Waals surface area contributed by atoms with Crippen molar-refractivity contribution < 1.29 is 14.6 Å². The quantitative estimate of drug-likeness (QED) is 0.826. The maximum absolute atomic E-state index is 10.5. The molecule has 0 radical (unpaired) electrons. The van der Waals surface area contributed by atoms with E-state index in [2.05, 4.69) is 0 Å². The molecule has 0 aliphatic carbocycles. The van der Waals surface area contributed by atoms with Gasteiger partial charge in [0.05, 0.1) is 13.5 Å². The zero-order chi connectivity index (χ0) is 10.6. The van der Waals surface area contributed by atoms with Gasteiger partial charge in [-0.3, -0.25) is 4.79 Å². The van der Waals surface area contributed by atoms with E-state index in [0.717, 1.165) is 5.56 Å². The summed E-state index contributed by atoms with van der Waals surface area (Å²) in [4.78, 5) is 10.5. The molecule has 1 atom stereocenters. The minimum absolute atomic E-state index is 0. The number of para-hydroxylation sites is 1. The average Bonchev–Trinajstić information content (AvgIpc) is 2.16. The van der Waals surface area contributed by atoms with E-state index in [1.807, 2.05) is 6.07 Å². The van der Waals surface area contributed by atoms with Crippen molar-refractivity contribution in [2.75, 3.05) is 7.11 Å². The van der Waals surface area contributed by atoms with E-state index in [0.29, 0.717) is 5.75 Å². The topological polar surface area (TPSA) is 72.5 Å². The smallest absolute Gasteiger partial charge is 0.305 e. The summed E-state index contributed by atoms with van der Waals surface area (Å²) in [7, 11) is 1.53. The lowest BCUT2D eigenvalue weighted by Gasteiger charge is -2.13. The molecular weight excluding hydrogens is 218 g/mol. The fraction of sp³-hybridized carbons (Fsp3) is 0.300. The van der Waals surface area contributed by atoms with Gasteiger partial charge in [-0.25, -0.2) is 0 Å². The molecule has 1 aromatic carbocycles. The fourth-order valence-corrected chi connectivity index (χ4v) is 1.27. The molecule has 15 heavy (non-hydrogen) atoms. The number of rotatable bonds is 4. The summed E-state index contributed by atoms with van der Waals surface area (Å²) >= 11 is 0. The van der Waals surface area contributed by atoms with Crippen molar-refractivity contribution in [3.8, 4) is 5.75 Å². The first-order valence-electron chi connectivity index (χ1n) is 4.25. The molecule has 1 unspecified atom stereocenters. The van der Waals surface area contributed by atoms with Crippen LogP contribution in [0.1, 0.15) is 18.0 Å². The zero-order valence-electron chi connectivity index (χ0n) is 8.34. The lowest BCUT2D eigenvalue weighted by Crippen LogP contribution is -2.15. The van der Waals surface area contributed by atoms with Gasteiger partial charge in [-0.15, -0.1) is 12.4 Å². The summed E-state index contributed by atoms with van der Waals surface area (Å²) in [6, 6.07) is 6.63. The first kappa shape index (κ1) is 13.7. The molecule has 0 amide bonds. The molecule has 0 aromatic heterocycles. The molecule has 0 saturated carbocycles. The van der Waals surface area contributed by atoms with Gasteiger partial charge in [-0.2, -0.15) is 0 Å². The molecule has 0 fully saturated rings. The van der Waals surface area contributed by atoms with E-state index in [-0.39, 0.29) is 18.8 Å². The monoisotopic (exact) mass is 231 g/mol. The lowest BCUT2D eigenvalue weighted by molar-refractivity contribution is -0.137. The Morgan fingerprint density at radius 3 is 2.67 bits per heavy atom. The Hall–Kier alpha value is -1.26. The summed E-state index contributed by atoms with van der Waals surface area (Å²) in [5.41, 5.74) is 6.43. The van der Waals surface area contributed by atoms with Crippen molar-refractivity contribution in [3.63, 3.8) is 0 Å². The molecule has 4 nitrogen and oxygen atoms in total. The fourth-order valence-electron chi connectivity index (χ4n) is 1.27. The second-order valence-corrected chi connectivity index (χ2v) is 2.95. The van der Waals surface area contributed by atoms with Crippen LogP contribution in [0.15, 0.2) is 24.3 Å². The van der Waals surface area contributed by atoms with E-state index >= 15 is 0 Å². The second-order valence-electron chi connectivity index (χ2n) is 2.95. The third kappa shape index (κ3) is 3.77. The number of halogens is 1. The molecule has 5 heteroatoms. The van der Waals surface area contributed by atoms with E-state index in [4.69, 9.17) is 15.6 Å². The number of carboxylic acid groups (broad SMARTS) is 1. The van der Waals surface area contributed by atoms with Crippen molar-refractivity contribution in [1.82, 2.24) is 0 Å². The second kappa shape index (κ2) is 6.27. The maximum Gasteiger partial charge on any atom is 0.305 e. The molecular formula is C10H14ClNO3. The van der Waals surface area contributed by atoms with Crippen molar-refractivity contribution >= 4 is 18.4 Å². The third-order valence-corrected chi connectivity index (χ3v) is 1.93. The van der Waals surface area contributed by atoms with Crippen molar-refractivity contribution in [2.24, 2.45) is 5.73 Å². The molecule has 0 saturated heterocycles. The number of benzene rings is 1. The van der Waals surface area contributed by atoms with Crippen molar-refractivity contribution in [3.05, 3.63) is 29.8 Å². The van der Waals surface area contributed by atoms with E-state index in [9.17, 15) is 4.79 Å². The van der Waals surface area contributed by atoms with Crippen molar-refractivity contribution in [2.45, 2.75) is 12.5 Å². The number of hydrogen-bond acceptors (Lipinski definition) is 3.